The number of likely N-dealkylation sites (N-methyl/N-ethyl adjacent to an activating group) is 1. The number of nitrogens with zero attached hydrogens (tertiary/aromatic N) is 2. The second-order valence-electron chi connectivity index (χ2n) is 4.88. The average Bonchev–Trinajstić information content (AvgIpc) is 2.36. The fourth-order valence-corrected chi connectivity index (χ4v) is 2.26. The van der Waals surface area contributed by atoms with Crippen molar-refractivity contribution in [2.45, 2.75) is 25.3 Å². The van der Waals surface area contributed by atoms with Gasteiger partial charge < -0.3 is 20.2 Å². The number of rotatable bonds is 6. The summed E-state index contributed by atoms with van der Waals surface area (Å²) in [6, 6.07) is -0.00520. The SMILES string of the molecule is C=CCN(CC(=O)O)C(=O)NCC1CCCCN1C. The van der Waals surface area contributed by atoms with Gasteiger partial charge in [0.15, 0.2) is 0 Å². The van der Waals surface area contributed by atoms with Gasteiger partial charge in [-0.1, -0.05) is 12.5 Å². The molecule has 0 bridgehead atoms. The number of urea groups is 1. The van der Waals surface area contributed by atoms with Gasteiger partial charge in [-0.25, -0.2) is 4.79 Å². The first kappa shape index (κ1) is 15.5. The molecule has 0 aromatic carbocycles. The van der Waals surface area contributed by atoms with Crippen LogP contribution in [-0.2, 0) is 4.79 Å². The molecule has 0 radical (unpaired) electrons. The molecule has 108 valence electrons. The molecule has 1 rings (SSSR count). The first-order chi connectivity index (χ1) is 9.04. The molecule has 0 aromatic rings. The fourth-order valence-electron chi connectivity index (χ4n) is 2.26. The van der Waals surface area contributed by atoms with E-state index in [4.69, 9.17) is 5.11 Å². The fraction of sp³-hybridized carbons (Fsp3) is 0.692. The second-order valence-corrected chi connectivity index (χ2v) is 4.88. The van der Waals surface area contributed by atoms with Gasteiger partial charge in [-0.05, 0) is 26.4 Å². The highest BCUT2D eigenvalue weighted by atomic mass is 16.4. The number of carboxylic acids is 1. The predicted octanol–water partition coefficient (Wildman–Crippen LogP) is 0.753. The topological polar surface area (TPSA) is 72.9 Å². The van der Waals surface area contributed by atoms with Crippen LogP contribution < -0.4 is 5.32 Å². The zero-order valence-corrected chi connectivity index (χ0v) is 11.5. The molecule has 6 nitrogen and oxygen atoms in total. The Kier molecular flexibility index (Phi) is 6.35. The van der Waals surface area contributed by atoms with Crippen LogP contribution in [0.4, 0.5) is 4.79 Å². The van der Waals surface area contributed by atoms with E-state index in [-0.39, 0.29) is 19.1 Å². The van der Waals surface area contributed by atoms with Crippen LogP contribution in [0.5, 0.6) is 0 Å². The Bertz CT molecular complexity index is 333. The molecule has 19 heavy (non-hydrogen) atoms. The molecule has 2 N–H and O–H groups in total. The molecule has 1 fully saturated rings. The first-order valence-electron chi connectivity index (χ1n) is 6.60. The minimum atomic E-state index is -1.02. The number of piperidine rings is 1. The molecule has 1 atom stereocenters. The van der Waals surface area contributed by atoms with Gasteiger partial charge in [0.1, 0.15) is 6.54 Å². The molecule has 2 amide bonds. The van der Waals surface area contributed by atoms with Crippen LogP contribution in [0.25, 0.3) is 0 Å². The van der Waals surface area contributed by atoms with E-state index in [1.54, 1.807) is 0 Å². The molecule has 0 aromatic heterocycles. The van der Waals surface area contributed by atoms with E-state index < -0.39 is 5.97 Å². The molecule has 0 spiro atoms. The first-order valence-corrected chi connectivity index (χ1v) is 6.60. The molecular formula is C13H23N3O3. The van der Waals surface area contributed by atoms with Crippen molar-refractivity contribution < 1.29 is 14.7 Å². The number of aliphatic carboxylic acids is 1. The number of hydrogen-bond donors (Lipinski definition) is 2. The van der Waals surface area contributed by atoms with E-state index in [9.17, 15) is 9.59 Å². The zero-order valence-electron chi connectivity index (χ0n) is 11.5. The molecule has 1 aliphatic rings. The third-order valence-electron chi connectivity index (χ3n) is 3.37. The van der Waals surface area contributed by atoms with Gasteiger partial charge in [0.25, 0.3) is 0 Å². The lowest BCUT2D eigenvalue weighted by Crippen LogP contribution is -2.49. The largest absolute Gasteiger partial charge is 0.480 e. The summed E-state index contributed by atoms with van der Waals surface area (Å²) in [7, 11) is 2.05. The number of nitrogens with one attached hydrogen (secondary N) is 1. The van der Waals surface area contributed by atoms with Crippen LogP contribution in [0.15, 0.2) is 12.7 Å². The van der Waals surface area contributed by atoms with Gasteiger partial charge in [-0.2, -0.15) is 0 Å². The van der Waals surface area contributed by atoms with E-state index in [0.29, 0.717) is 12.6 Å². The third kappa shape index (κ3) is 5.30. The highest BCUT2D eigenvalue weighted by Gasteiger charge is 2.21. The molecule has 0 saturated carbocycles. The van der Waals surface area contributed by atoms with Gasteiger partial charge in [0.05, 0.1) is 0 Å². The second kappa shape index (κ2) is 7.78. The van der Waals surface area contributed by atoms with E-state index in [0.717, 1.165) is 13.0 Å². The highest BCUT2D eigenvalue weighted by molar-refractivity contribution is 5.80. The number of hydrogen-bond acceptors (Lipinski definition) is 3. The van der Waals surface area contributed by atoms with E-state index in [1.807, 2.05) is 0 Å². The summed E-state index contributed by atoms with van der Waals surface area (Å²) in [5.41, 5.74) is 0. The Morgan fingerprint density at radius 3 is 2.84 bits per heavy atom. The van der Waals surface area contributed by atoms with E-state index in [1.165, 1.54) is 23.8 Å². The van der Waals surface area contributed by atoms with Gasteiger partial charge in [0.2, 0.25) is 0 Å². The van der Waals surface area contributed by atoms with Gasteiger partial charge in [-0.15, -0.1) is 6.58 Å². The van der Waals surface area contributed by atoms with Crippen LogP contribution in [0.2, 0.25) is 0 Å². The van der Waals surface area contributed by atoms with E-state index >= 15 is 0 Å². The Balaban J connectivity index is 2.42. The third-order valence-corrected chi connectivity index (χ3v) is 3.37. The Morgan fingerprint density at radius 1 is 1.53 bits per heavy atom. The summed E-state index contributed by atoms with van der Waals surface area (Å²) in [6.45, 7) is 5.06. The number of carbonyl (C=O) groups is 2. The minimum Gasteiger partial charge on any atom is -0.480 e. The zero-order chi connectivity index (χ0) is 14.3. The normalized spacial score (nSPS) is 19.7. The van der Waals surface area contributed by atoms with Crippen molar-refractivity contribution in [3.8, 4) is 0 Å². The number of likely N-dealkylation sites (tertiary alicyclic amines) is 1. The molecule has 1 aliphatic heterocycles. The predicted molar refractivity (Wildman–Crippen MR) is 73.1 cm³/mol. The van der Waals surface area contributed by atoms with Gasteiger partial charge >= 0.3 is 12.0 Å². The van der Waals surface area contributed by atoms with Crippen molar-refractivity contribution in [3.05, 3.63) is 12.7 Å². The molecule has 1 unspecified atom stereocenters. The summed E-state index contributed by atoms with van der Waals surface area (Å²) in [5.74, 6) is -1.02. The Labute approximate surface area is 114 Å². The molecular weight excluding hydrogens is 246 g/mol. The summed E-state index contributed by atoms with van der Waals surface area (Å²) < 4.78 is 0. The van der Waals surface area contributed by atoms with Crippen molar-refractivity contribution in [2.24, 2.45) is 0 Å². The molecule has 6 heteroatoms. The van der Waals surface area contributed by atoms with Crippen LogP contribution in [0, 0.1) is 0 Å². The minimum absolute atomic E-state index is 0.235. The lowest BCUT2D eigenvalue weighted by atomic mass is 10.0. The Morgan fingerprint density at radius 2 is 2.26 bits per heavy atom. The summed E-state index contributed by atoms with van der Waals surface area (Å²) in [6.07, 6.45) is 4.96. The smallest absolute Gasteiger partial charge is 0.323 e. The monoisotopic (exact) mass is 269 g/mol. The number of carboxylic acid groups (broad SMARTS) is 1. The maximum atomic E-state index is 11.9. The Hall–Kier alpha value is -1.56. The maximum Gasteiger partial charge on any atom is 0.323 e. The average molecular weight is 269 g/mol. The van der Waals surface area contributed by atoms with Crippen LogP contribution >= 0.6 is 0 Å². The van der Waals surface area contributed by atoms with Crippen molar-refractivity contribution in [1.82, 2.24) is 15.1 Å². The summed E-state index contributed by atoms with van der Waals surface area (Å²) >= 11 is 0. The highest BCUT2D eigenvalue weighted by Crippen LogP contribution is 2.13. The molecule has 0 aliphatic carbocycles. The van der Waals surface area contributed by atoms with Crippen LogP contribution in [0.1, 0.15) is 19.3 Å². The lowest BCUT2D eigenvalue weighted by Gasteiger charge is -2.33. The quantitative estimate of drug-likeness (QED) is 0.698. The summed E-state index contributed by atoms with van der Waals surface area (Å²) in [4.78, 5) is 26.1. The standard InChI is InChI=1S/C13H23N3O3/c1-3-7-16(10-12(17)18)13(19)14-9-11-6-4-5-8-15(11)2/h3,11H,1,4-10H2,2H3,(H,14,19)(H,17,18). The van der Waals surface area contributed by atoms with Crippen molar-refractivity contribution in [1.29, 1.82) is 0 Å². The van der Waals surface area contributed by atoms with Crippen molar-refractivity contribution >= 4 is 12.0 Å². The van der Waals surface area contributed by atoms with Crippen LogP contribution in [-0.4, -0.2) is 66.2 Å². The molecule has 1 saturated heterocycles. The van der Waals surface area contributed by atoms with Gasteiger partial charge in [0, 0.05) is 19.1 Å². The van der Waals surface area contributed by atoms with E-state index in [2.05, 4.69) is 23.8 Å². The summed E-state index contributed by atoms with van der Waals surface area (Å²) in [5, 5.41) is 11.6. The lowest BCUT2D eigenvalue weighted by molar-refractivity contribution is -0.137. The number of amides is 2. The van der Waals surface area contributed by atoms with Crippen LogP contribution in [0.3, 0.4) is 0 Å². The molecule has 1 heterocycles. The van der Waals surface area contributed by atoms with Crippen molar-refractivity contribution in [2.75, 3.05) is 33.2 Å². The number of carbonyl (C=O) groups excluding carboxylic acids is 1. The maximum absolute atomic E-state index is 11.9. The van der Waals surface area contributed by atoms with Crippen molar-refractivity contribution in [3.63, 3.8) is 0 Å². The van der Waals surface area contributed by atoms with Gasteiger partial charge in [-0.3, -0.25) is 4.79 Å².